The van der Waals surface area contributed by atoms with Gasteiger partial charge in [0.05, 0.1) is 23.1 Å². The van der Waals surface area contributed by atoms with Crippen molar-refractivity contribution in [3.05, 3.63) is 60.0 Å². The van der Waals surface area contributed by atoms with Crippen molar-refractivity contribution in [2.45, 2.75) is 6.92 Å². The number of benzene rings is 2. The molecule has 2 heterocycles. The van der Waals surface area contributed by atoms with Gasteiger partial charge >= 0.3 is 0 Å². The smallest absolute Gasteiger partial charge is 0.272 e. The molecule has 9 nitrogen and oxygen atoms in total. The molecule has 9 heteroatoms. The maximum atomic E-state index is 12.6. The third-order valence-electron chi connectivity index (χ3n) is 4.28. The number of nitrogens with zero attached hydrogens (tertiary/aromatic N) is 3. The number of fused-ring (bicyclic) bond motifs is 2. The summed E-state index contributed by atoms with van der Waals surface area (Å²) in [6.45, 7) is 1.80. The van der Waals surface area contributed by atoms with Gasteiger partial charge in [-0.3, -0.25) is 4.79 Å². The van der Waals surface area contributed by atoms with E-state index >= 15 is 0 Å². The number of amides is 1. The van der Waals surface area contributed by atoms with Crippen molar-refractivity contribution in [2.24, 2.45) is 21.7 Å². The van der Waals surface area contributed by atoms with Gasteiger partial charge in [-0.15, -0.1) is 5.10 Å². The minimum absolute atomic E-state index is 0.104. The van der Waals surface area contributed by atoms with Crippen LogP contribution in [0.1, 0.15) is 23.0 Å². The first-order valence-electron chi connectivity index (χ1n) is 8.50. The number of imidazole rings is 1. The summed E-state index contributed by atoms with van der Waals surface area (Å²) in [4.78, 5) is 22.9. The normalized spacial score (nSPS) is 11.7. The van der Waals surface area contributed by atoms with Gasteiger partial charge in [0.15, 0.2) is 0 Å². The number of hydrogen-bond donors (Lipinski definition) is 5. The molecule has 0 unspecified atom stereocenters. The van der Waals surface area contributed by atoms with Gasteiger partial charge < -0.3 is 26.8 Å². The van der Waals surface area contributed by atoms with Gasteiger partial charge in [0, 0.05) is 16.6 Å². The highest BCUT2D eigenvalue weighted by Crippen LogP contribution is 2.20. The van der Waals surface area contributed by atoms with Crippen molar-refractivity contribution in [1.29, 1.82) is 0 Å². The molecule has 0 aliphatic carbocycles. The molecule has 2 aromatic carbocycles. The van der Waals surface area contributed by atoms with Crippen LogP contribution in [0.5, 0.6) is 0 Å². The van der Waals surface area contributed by atoms with E-state index in [-0.39, 0.29) is 11.9 Å². The lowest BCUT2D eigenvalue weighted by molar-refractivity contribution is 0.102. The van der Waals surface area contributed by atoms with Gasteiger partial charge in [0.25, 0.3) is 5.91 Å². The number of hydrogen-bond acceptors (Lipinski definition) is 4. The van der Waals surface area contributed by atoms with Crippen LogP contribution in [0.4, 0.5) is 5.69 Å². The van der Waals surface area contributed by atoms with Crippen molar-refractivity contribution < 1.29 is 4.79 Å². The monoisotopic (exact) mass is 374 g/mol. The second-order valence-electron chi connectivity index (χ2n) is 6.28. The van der Waals surface area contributed by atoms with Crippen molar-refractivity contribution in [3.8, 4) is 0 Å². The molecule has 0 fully saturated rings. The molecule has 140 valence electrons. The summed E-state index contributed by atoms with van der Waals surface area (Å²) in [6, 6.07) is 13.0. The lowest BCUT2D eigenvalue weighted by atomic mass is 10.1. The Hall–Kier alpha value is -4.14. The van der Waals surface area contributed by atoms with Gasteiger partial charge in [-0.1, -0.05) is 12.1 Å². The van der Waals surface area contributed by atoms with Gasteiger partial charge in [-0.05, 0) is 42.8 Å². The fraction of sp³-hybridized carbons (Fsp3) is 0.0526. The van der Waals surface area contributed by atoms with Crippen LogP contribution in [0.25, 0.3) is 21.9 Å². The van der Waals surface area contributed by atoms with Crippen LogP contribution in [0.15, 0.2) is 59.0 Å². The van der Waals surface area contributed by atoms with E-state index in [9.17, 15) is 4.79 Å². The SMILES string of the molecule is C/C(=N\N=C(N)N)c1ccc2cc(C(=O)Nc3ccc4nc[nH]c4c3)[nH]c2c1. The van der Waals surface area contributed by atoms with E-state index in [0.717, 1.165) is 27.5 Å². The van der Waals surface area contributed by atoms with E-state index in [4.69, 9.17) is 11.5 Å². The van der Waals surface area contributed by atoms with Crippen molar-refractivity contribution >= 4 is 45.2 Å². The Morgan fingerprint density at radius 1 is 1.07 bits per heavy atom. The van der Waals surface area contributed by atoms with Gasteiger partial charge in [-0.2, -0.15) is 5.10 Å². The minimum atomic E-state index is -0.234. The molecule has 0 aliphatic rings. The minimum Gasteiger partial charge on any atom is -0.369 e. The Balaban J connectivity index is 1.59. The third-order valence-corrected chi connectivity index (χ3v) is 4.28. The number of aromatic nitrogens is 3. The number of carbonyl (C=O) groups excluding carboxylic acids is 1. The van der Waals surface area contributed by atoms with Crippen LogP contribution in [0, 0.1) is 0 Å². The molecule has 1 amide bonds. The first-order valence-corrected chi connectivity index (χ1v) is 8.50. The number of aromatic amines is 2. The summed E-state index contributed by atoms with van der Waals surface area (Å²) >= 11 is 0. The summed E-state index contributed by atoms with van der Waals surface area (Å²) in [6.07, 6.45) is 1.62. The van der Waals surface area contributed by atoms with E-state index < -0.39 is 0 Å². The fourth-order valence-electron chi connectivity index (χ4n) is 2.88. The Labute approximate surface area is 159 Å². The van der Waals surface area contributed by atoms with Gasteiger partial charge in [0.1, 0.15) is 5.69 Å². The lowest BCUT2D eigenvalue weighted by Crippen LogP contribution is -2.22. The van der Waals surface area contributed by atoms with Crippen LogP contribution in [0.2, 0.25) is 0 Å². The zero-order valence-electron chi connectivity index (χ0n) is 15.0. The molecule has 7 N–H and O–H groups in total. The van der Waals surface area contributed by atoms with Crippen molar-refractivity contribution in [3.63, 3.8) is 0 Å². The molecular formula is C19H18N8O. The number of rotatable bonds is 4. The summed E-state index contributed by atoms with van der Waals surface area (Å²) in [7, 11) is 0. The zero-order chi connectivity index (χ0) is 19.7. The molecule has 2 aromatic heterocycles. The van der Waals surface area contributed by atoms with E-state index in [1.807, 2.05) is 36.4 Å². The van der Waals surface area contributed by atoms with Crippen molar-refractivity contribution in [1.82, 2.24) is 15.0 Å². The Morgan fingerprint density at radius 3 is 2.75 bits per heavy atom. The predicted molar refractivity (Wildman–Crippen MR) is 110 cm³/mol. The van der Waals surface area contributed by atoms with Crippen LogP contribution in [-0.4, -0.2) is 32.5 Å². The second kappa shape index (κ2) is 6.88. The Kier molecular flexibility index (Phi) is 4.24. The molecule has 28 heavy (non-hydrogen) atoms. The number of anilines is 1. The summed E-state index contributed by atoms with van der Waals surface area (Å²) in [5.41, 5.74) is 15.7. The molecule has 0 bridgehead atoms. The maximum absolute atomic E-state index is 12.6. The average molecular weight is 374 g/mol. The average Bonchev–Trinajstić information content (AvgIpc) is 3.31. The number of nitrogens with two attached hydrogens (primary N) is 2. The summed E-state index contributed by atoms with van der Waals surface area (Å²) < 4.78 is 0. The van der Waals surface area contributed by atoms with E-state index in [2.05, 4.69) is 30.5 Å². The standard InChI is InChI=1S/C19H18N8O/c1-10(26-27-19(20)21)11-2-3-12-7-17(25-15(12)6-11)18(28)24-13-4-5-14-16(8-13)23-9-22-14/h2-9,25H,1H3,(H,22,23)(H,24,28)(H4,20,21,27)/b26-10+. The van der Waals surface area contributed by atoms with Crippen molar-refractivity contribution in [2.75, 3.05) is 5.32 Å². The molecule has 0 spiro atoms. The van der Waals surface area contributed by atoms with E-state index in [0.29, 0.717) is 17.1 Å². The molecule has 0 radical (unpaired) electrons. The molecule has 4 aromatic rings. The Morgan fingerprint density at radius 2 is 1.93 bits per heavy atom. The van der Waals surface area contributed by atoms with Gasteiger partial charge in [0.2, 0.25) is 5.96 Å². The quantitative estimate of drug-likeness (QED) is 0.211. The number of nitrogens with one attached hydrogen (secondary N) is 3. The predicted octanol–water partition coefficient (Wildman–Crippen LogP) is 2.29. The molecular weight excluding hydrogens is 356 g/mol. The highest BCUT2D eigenvalue weighted by atomic mass is 16.1. The molecule has 0 saturated carbocycles. The molecule has 4 rings (SSSR count). The molecule has 0 atom stereocenters. The van der Waals surface area contributed by atoms with Crippen LogP contribution in [0.3, 0.4) is 0 Å². The molecule has 0 aliphatic heterocycles. The third kappa shape index (κ3) is 3.40. The van der Waals surface area contributed by atoms with E-state index in [1.54, 1.807) is 19.3 Å². The summed E-state index contributed by atoms with van der Waals surface area (Å²) in [5, 5.41) is 11.4. The first-order chi connectivity index (χ1) is 13.5. The van der Waals surface area contributed by atoms with E-state index in [1.165, 1.54) is 0 Å². The van der Waals surface area contributed by atoms with Crippen LogP contribution in [-0.2, 0) is 0 Å². The molecule has 0 saturated heterocycles. The lowest BCUT2D eigenvalue weighted by Gasteiger charge is -2.03. The van der Waals surface area contributed by atoms with Gasteiger partial charge in [-0.25, -0.2) is 4.98 Å². The first kappa shape index (κ1) is 17.3. The highest BCUT2D eigenvalue weighted by Gasteiger charge is 2.11. The summed E-state index contributed by atoms with van der Waals surface area (Å²) in [5.74, 6) is -0.338. The number of carbonyl (C=O) groups is 1. The number of guanidine groups is 1. The Bertz CT molecular complexity index is 1240. The maximum Gasteiger partial charge on any atom is 0.272 e. The van der Waals surface area contributed by atoms with Crippen LogP contribution >= 0.6 is 0 Å². The largest absolute Gasteiger partial charge is 0.369 e. The topological polar surface area (TPSA) is 150 Å². The fourth-order valence-corrected chi connectivity index (χ4v) is 2.88. The zero-order valence-corrected chi connectivity index (χ0v) is 15.0. The van der Waals surface area contributed by atoms with Crippen LogP contribution < -0.4 is 16.8 Å². The number of H-pyrrole nitrogens is 2. The second-order valence-corrected chi connectivity index (χ2v) is 6.28. The highest BCUT2D eigenvalue weighted by molar-refractivity contribution is 6.07.